The summed E-state index contributed by atoms with van der Waals surface area (Å²) in [7, 11) is -2.27. The number of rotatable bonds is 8. The Morgan fingerprint density at radius 1 is 1.32 bits per heavy atom. The van der Waals surface area contributed by atoms with Crippen LogP contribution in [0.25, 0.3) is 0 Å². The number of hydrogen-bond acceptors (Lipinski definition) is 5. The van der Waals surface area contributed by atoms with Gasteiger partial charge < -0.3 is 15.4 Å². The van der Waals surface area contributed by atoms with Crippen molar-refractivity contribution in [2.75, 3.05) is 33.4 Å². The van der Waals surface area contributed by atoms with Crippen LogP contribution in [-0.4, -0.2) is 47.7 Å². The van der Waals surface area contributed by atoms with Gasteiger partial charge >= 0.3 is 0 Å². The number of amides is 1. The van der Waals surface area contributed by atoms with Crippen LogP contribution >= 0.6 is 15.9 Å². The molecule has 0 saturated carbocycles. The van der Waals surface area contributed by atoms with Gasteiger partial charge in [-0.2, -0.15) is 0 Å². The molecule has 7 nitrogen and oxygen atoms in total. The van der Waals surface area contributed by atoms with Crippen molar-refractivity contribution in [1.82, 2.24) is 10.6 Å². The van der Waals surface area contributed by atoms with Gasteiger partial charge in [0.15, 0.2) is 0 Å². The summed E-state index contributed by atoms with van der Waals surface area (Å²) in [5.74, 6) is -0.350. The van der Waals surface area contributed by atoms with Gasteiger partial charge in [0.1, 0.15) is 0 Å². The quantitative estimate of drug-likeness (QED) is 0.552. The Bertz CT molecular complexity index is 634. The molecule has 22 heavy (non-hydrogen) atoms. The van der Waals surface area contributed by atoms with Crippen LogP contribution < -0.4 is 15.8 Å². The molecule has 0 fully saturated rings. The zero-order valence-corrected chi connectivity index (χ0v) is 14.9. The standard InChI is InChI=1S/C13H20BrN3O4S/c1-9-11(7-10(14)8-12(9)22(15,19)20)13(18)17-4-3-16-5-6-21-2/h7-8,16H,3-6H2,1-2H3,(H,17,18)(H2,15,19,20). The van der Waals surface area contributed by atoms with Crippen molar-refractivity contribution in [3.63, 3.8) is 0 Å². The van der Waals surface area contributed by atoms with E-state index in [0.717, 1.165) is 0 Å². The van der Waals surface area contributed by atoms with Crippen LogP contribution in [0.4, 0.5) is 0 Å². The van der Waals surface area contributed by atoms with Crippen LogP contribution in [-0.2, 0) is 14.8 Å². The lowest BCUT2D eigenvalue weighted by atomic mass is 10.1. The second-order valence-electron chi connectivity index (χ2n) is 4.62. The maximum Gasteiger partial charge on any atom is 0.251 e. The monoisotopic (exact) mass is 393 g/mol. The van der Waals surface area contributed by atoms with Gasteiger partial charge in [-0.15, -0.1) is 0 Å². The number of carbonyl (C=O) groups is 1. The first-order valence-electron chi connectivity index (χ1n) is 6.58. The fourth-order valence-electron chi connectivity index (χ4n) is 1.84. The molecule has 0 aliphatic carbocycles. The Hall–Kier alpha value is -1.00. The van der Waals surface area contributed by atoms with E-state index in [2.05, 4.69) is 26.6 Å². The van der Waals surface area contributed by atoms with Gasteiger partial charge in [-0.05, 0) is 24.6 Å². The van der Waals surface area contributed by atoms with Crippen molar-refractivity contribution in [2.24, 2.45) is 5.14 Å². The van der Waals surface area contributed by atoms with E-state index < -0.39 is 10.0 Å². The summed E-state index contributed by atoms with van der Waals surface area (Å²) in [6, 6.07) is 2.95. The van der Waals surface area contributed by atoms with E-state index in [-0.39, 0.29) is 16.4 Å². The van der Waals surface area contributed by atoms with E-state index in [0.29, 0.717) is 36.3 Å². The highest BCUT2D eigenvalue weighted by Crippen LogP contribution is 2.23. The van der Waals surface area contributed by atoms with Crippen molar-refractivity contribution >= 4 is 31.9 Å². The molecular formula is C13H20BrN3O4S. The molecule has 0 aliphatic heterocycles. The molecule has 0 radical (unpaired) electrons. The number of nitrogens with one attached hydrogen (secondary N) is 2. The smallest absolute Gasteiger partial charge is 0.251 e. The number of sulfonamides is 1. The van der Waals surface area contributed by atoms with Crippen LogP contribution in [0.15, 0.2) is 21.5 Å². The molecule has 0 unspecified atom stereocenters. The number of methoxy groups -OCH3 is 1. The number of ether oxygens (including phenoxy) is 1. The Kier molecular flexibility index (Phi) is 7.43. The van der Waals surface area contributed by atoms with E-state index in [1.807, 2.05) is 0 Å². The van der Waals surface area contributed by atoms with Gasteiger partial charge in [-0.3, -0.25) is 4.79 Å². The first-order chi connectivity index (χ1) is 10.3. The normalized spacial score (nSPS) is 11.5. The van der Waals surface area contributed by atoms with Crippen LogP contribution in [0.2, 0.25) is 0 Å². The highest BCUT2D eigenvalue weighted by molar-refractivity contribution is 9.10. The molecule has 1 aromatic carbocycles. The average Bonchev–Trinajstić information content (AvgIpc) is 2.43. The third kappa shape index (κ3) is 5.65. The molecule has 0 aliphatic rings. The Labute approximate surface area is 138 Å². The first-order valence-corrected chi connectivity index (χ1v) is 8.92. The molecule has 1 aromatic rings. The van der Waals surface area contributed by atoms with Crippen LogP contribution in [0, 0.1) is 6.92 Å². The third-order valence-corrected chi connectivity index (χ3v) is 4.44. The molecule has 4 N–H and O–H groups in total. The van der Waals surface area contributed by atoms with Gasteiger partial charge in [0.2, 0.25) is 10.0 Å². The molecule has 1 amide bonds. The zero-order valence-electron chi connectivity index (χ0n) is 12.5. The van der Waals surface area contributed by atoms with Crippen LogP contribution in [0.1, 0.15) is 15.9 Å². The van der Waals surface area contributed by atoms with Gasteiger partial charge in [0.25, 0.3) is 5.91 Å². The molecule has 0 heterocycles. The molecule has 0 bridgehead atoms. The summed E-state index contributed by atoms with van der Waals surface area (Å²) >= 11 is 3.19. The fourth-order valence-corrected chi connectivity index (χ4v) is 3.28. The molecule has 0 atom stereocenters. The zero-order chi connectivity index (χ0) is 16.8. The Balaban J connectivity index is 2.76. The van der Waals surface area contributed by atoms with Crippen molar-refractivity contribution in [3.8, 4) is 0 Å². The summed E-state index contributed by atoms with van der Waals surface area (Å²) in [5.41, 5.74) is 0.603. The highest BCUT2D eigenvalue weighted by atomic mass is 79.9. The molecule has 0 saturated heterocycles. The van der Waals surface area contributed by atoms with Crippen molar-refractivity contribution < 1.29 is 17.9 Å². The lowest BCUT2D eigenvalue weighted by Crippen LogP contribution is -2.33. The minimum absolute atomic E-state index is 0.0646. The molecular weight excluding hydrogens is 374 g/mol. The van der Waals surface area contributed by atoms with E-state index in [4.69, 9.17) is 9.88 Å². The summed E-state index contributed by atoms with van der Waals surface area (Å²) < 4.78 is 28.5. The minimum Gasteiger partial charge on any atom is -0.383 e. The van der Waals surface area contributed by atoms with E-state index in [9.17, 15) is 13.2 Å². The minimum atomic E-state index is -3.88. The molecule has 124 valence electrons. The van der Waals surface area contributed by atoms with Gasteiger partial charge in [-0.1, -0.05) is 15.9 Å². The summed E-state index contributed by atoms with van der Waals surface area (Å²) in [6.07, 6.45) is 0. The molecule has 9 heteroatoms. The second-order valence-corrected chi connectivity index (χ2v) is 7.07. The van der Waals surface area contributed by atoms with E-state index >= 15 is 0 Å². The van der Waals surface area contributed by atoms with Crippen molar-refractivity contribution in [1.29, 1.82) is 0 Å². The van der Waals surface area contributed by atoms with Crippen LogP contribution in [0.5, 0.6) is 0 Å². The number of nitrogens with two attached hydrogens (primary N) is 1. The average molecular weight is 394 g/mol. The largest absolute Gasteiger partial charge is 0.383 e. The highest BCUT2D eigenvalue weighted by Gasteiger charge is 2.19. The molecule has 0 spiro atoms. The number of halogens is 1. The van der Waals surface area contributed by atoms with E-state index in [1.54, 1.807) is 20.1 Å². The third-order valence-electron chi connectivity index (χ3n) is 2.95. The summed E-state index contributed by atoms with van der Waals surface area (Å²) in [4.78, 5) is 12.1. The summed E-state index contributed by atoms with van der Waals surface area (Å²) in [6.45, 7) is 3.84. The van der Waals surface area contributed by atoms with E-state index in [1.165, 1.54) is 6.07 Å². The number of hydrogen-bond donors (Lipinski definition) is 3. The predicted octanol–water partition coefficient (Wildman–Crippen LogP) is 0.371. The molecule has 1 rings (SSSR count). The predicted molar refractivity (Wildman–Crippen MR) is 87.3 cm³/mol. The topological polar surface area (TPSA) is 111 Å². The second kappa shape index (κ2) is 8.59. The van der Waals surface area contributed by atoms with Crippen molar-refractivity contribution in [3.05, 3.63) is 27.7 Å². The maximum atomic E-state index is 12.2. The lowest BCUT2D eigenvalue weighted by Gasteiger charge is -2.12. The first kappa shape index (κ1) is 19.0. The molecule has 0 aromatic heterocycles. The van der Waals surface area contributed by atoms with Crippen molar-refractivity contribution in [2.45, 2.75) is 11.8 Å². The number of benzene rings is 1. The summed E-state index contributed by atoms with van der Waals surface area (Å²) in [5, 5.41) is 11.0. The van der Waals surface area contributed by atoms with Gasteiger partial charge in [0, 0.05) is 36.8 Å². The van der Waals surface area contributed by atoms with Gasteiger partial charge in [-0.25, -0.2) is 13.6 Å². The Morgan fingerprint density at radius 2 is 2.00 bits per heavy atom. The van der Waals surface area contributed by atoms with Crippen LogP contribution in [0.3, 0.4) is 0 Å². The van der Waals surface area contributed by atoms with Gasteiger partial charge in [0.05, 0.1) is 11.5 Å². The fraction of sp³-hybridized carbons (Fsp3) is 0.462. The maximum absolute atomic E-state index is 12.2. The Morgan fingerprint density at radius 3 is 2.59 bits per heavy atom. The SMILES string of the molecule is COCCNCCNC(=O)c1cc(Br)cc(S(N)(=O)=O)c1C. The number of primary sulfonamides is 1. The lowest BCUT2D eigenvalue weighted by molar-refractivity contribution is 0.0952. The number of carbonyl (C=O) groups excluding carboxylic acids is 1.